The second-order valence-corrected chi connectivity index (χ2v) is 11.0. The quantitative estimate of drug-likeness (QED) is 0.296. The lowest BCUT2D eigenvalue weighted by molar-refractivity contribution is -0.132. The van der Waals surface area contributed by atoms with Crippen molar-refractivity contribution in [3.05, 3.63) is 58.7 Å². The van der Waals surface area contributed by atoms with E-state index in [1.54, 1.807) is 13.0 Å². The Morgan fingerprint density at radius 3 is 2.36 bits per heavy atom. The lowest BCUT2D eigenvalue weighted by atomic mass is 9.72. The molecule has 0 radical (unpaired) electrons. The number of hydrogen-bond donors (Lipinski definition) is 2. The SMILES string of the molecule is CC1=C(/C=C/C(C)=C\C=C\C(C)=C\C(=O)NC(CS(=O)(=O)O)C(=O)N(C)C)C(C)(C)CCC1. The van der Waals surface area contributed by atoms with E-state index in [1.807, 2.05) is 19.1 Å². The molecule has 0 aromatic carbocycles. The summed E-state index contributed by atoms with van der Waals surface area (Å²) >= 11 is 0. The number of hydrogen-bond acceptors (Lipinski definition) is 4. The Labute approximate surface area is 198 Å². The molecule has 0 aromatic heterocycles. The molecule has 0 saturated heterocycles. The van der Waals surface area contributed by atoms with Crippen LogP contribution in [0.1, 0.15) is 53.9 Å². The number of carbonyl (C=O) groups excluding carboxylic acids is 2. The van der Waals surface area contributed by atoms with Crippen LogP contribution >= 0.6 is 0 Å². The zero-order valence-electron chi connectivity index (χ0n) is 20.8. The summed E-state index contributed by atoms with van der Waals surface area (Å²) in [5.74, 6) is -2.14. The van der Waals surface area contributed by atoms with Gasteiger partial charge in [-0.15, -0.1) is 0 Å². The van der Waals surface area contributed by atoms with E-state index in [-0.39, 0.29) is 5.41 Å². The highest BCUT2D eigenvalue weighted by molar-refractivity contribution is 7.85. The normalized spacial score (nSPS) is 18.7. The van der Waals surface area contributed by atoms with Gasteiger partial charge in [-0.25, -0.2) is 0 Å². The first-order chi connectivity index (χ1) is 15.1. The lowest BCUT2D eigenvalue weighted by Gasteiger charge is -2.32. The number of likely N-dealkylation sites (N-methyl/N-ethyl adjacent to an activating group) is 1. The van der Waals surface area contributed by atoms with Crippen molar-refractivity contribution in [2.75, 3.05) is 19.8 Å². The summed E-state index contributed by atoms with van der Waals surface area (Å²) in [6.45, 7) is 10.5. The molecule has 1 rings (SSSR count). The molecular weight excluding hydrogens is 440 g/mol. The van der Waals surface area contributed by atoms with Gasteiger partial charge in [0.05, 0.1) is 0 Å². The Morgan fingerprint density at radius 2 is 1.82 bits per heavy atom. The molecule has 0 fully saturated rings. The minimum Gasteiger partial charge on any atom is -0.347 e. The Kier molecular flexibility index (Phi) is 10.5. The third kappa shape index (κ3) is 10.4. The average Bonchev–Trinajstić information content (AvgIpc) is 2.64. The highest BCUT2D eigenvalue weighted by Gasteiger charge is 2.27. The molecule has 0 aliphatic heterocycles. The van der Waals surface area contributed by atoms with Gasteiger partial charge in [0.15, 0.2) is 0 Å². The van der Waals surface area contributed by atoms with Crippen molar-refractivity contribution in [3.8, 4) is 0 Å². The average molecular weight is 479 g/mol. The van der Waals surface area contributed by atoms with Gasteiger partial charge in [0.25, 0.3) is 10.1 Å². The maximum Gasteiger partial charge on any atom is 0.267 e. The second kappa shape index (κ2) is 12.1. The highest BCUT2D eigenvalue weighted by Crippen LogP contribution is 2.40. The summed E-state index contributed by atoms with van der Waals surface area (Å²) in [4.78, 5) is 25.5. The molecule has 0 spiro atoms. The van der Waals surface area contributed by atoms with Gasteiger partial charge in [0.2, 0.25) is 11.8 Å². The van der Waals surface area contributed by atoms with Crippen LogP contribution in [-0.2, 0) is 19.7 Å². The van der Waals surface area contributed by atoms with Crippen LogP contribution in [0.2, 0.25) is 0 Å². The third-order valence-corrected chi connectivity index (χ3v) is 6.32. The number of carbonyl (C=O) groups is 2. The van der Waals surface area contributed by atoms with Crippen molar-refractivity contribution in [2.24, 2.45) is 5.41 Å². The highest BCUT2D eigenvalue weighted by atomic mass is 32.2. The van der Waals surface area contributed by atoms with Crippen LogP contribution in [0.15, 0.2) is 58.7 Å². The summed E-state index contributed by atoms with van der Waals surface area (Å²) in [5, 5.41) is 2.34. The standard InChI is InChI=1S/C25H38N2O5S/c1-18(13-14-21-20(3)12-9-15-25(21,4)5)10-8-11-19(2)16-23(28)26-22(17-33(30,31)32)24(29)27(6)7/h8,10-11,13-14,16,22H,9,12,15,17H2,1-7H3,(H,26,28)(H,30,31,32)/b11-8+,14-13+,18-10-,19-16+. The van der Waals surface area contributed by atoms with E-state index in [2.05, 4.69) is 38.2 Å². The lowest BCUT2D eigenvalue weighted by Crippen LogP contribution is -2.49. The van der Waals surface area contributed by atoms with E-state index >= 15 is 0 Å². The van der Waals surface area contributed by atoms with E-state index < -0.39 is 33.7 Å². The summed E-state index contributed by atoms with van der Waals surface area (Å²) in [5.41, 5.74) is 4.70. The molecule has 2 N–H and O–H groups in total. The zero-order chi connectivity index (χ0) is 25.4. The number of allylic oxidation sites excluding steroid dienone is 9. The Hall–Kier alpha value is -2.45. The van der Waals surface area contributed by atoms with Gasteiger partial charge in [0.1, 0.15) is 11.8 Å². The molecule has 7 nitrogen and oxygen atoms in total. The first-order valence-corrected chi connectivity index (χ1v) is 12.6. The van der Waals surface area contributed by atoms with Gasteiger partial charge in [0, 0.05) is 20.2 Å². The summed E-state index contributed by atoms with van der Waals surface area (Å²) in [6.07, 6.45) is 14.6. The third-order valence-electron chi connectivity index (χ3n) is 5.57. The van der Waals surface area contributed by atoms with Gasteiger partial charge < -0.3 is 10.2 Å². The number of amides is 2. The van der Waals surface area contributed by atoms with Crippen molar-refractivity contribution in [3.63, 3.8) is 0 Å². The van der Waals surface area contributed by atoms with Crippen LogP contribution in [-0.4, -0.2) is 55.6 Å². The van der Waals surface area contributed by atoms with Gasteiger partial charge in [-0.3, -0.25) is 14.1 Å². The topological polar surface area (TPSA) is 104 Å². The number of nitrogens with one attached hydrogen (secondary N) is 1. The minimum absolute atomic E-state index is 0.183. The van der Waals surface area contributed by atoms with Crippen molar-refractivity contribution >= 4 is 21.9 Å². The summed E-state index contributed by atoms with van der Waals surface area (Å²) < 4.78 is 31.4. The molecule has 0 saturated carbocycles. The fourth-order valence-corrected chi connectivity index (χ4v) is 4.44. The van der Waals surface area contributed by atoms with Gasteiger partial charge in [-0.1, -0.05) is 55.4 Å². The number of rotatable bonds is 9. The smallest absolute Gasteiger partial charge is 0.267 e. The van der Waals surface area contributed by atoms with E-state index in [0.29, 0.717) is 5.57 Å². The first kappa shape index (κ1) is 28.6. The van der Waals surface area contributed by atoms with Crippen LogP contribution < -0.4 is 5.32 Å². The van der Waals surface area contributed by atoms with Gasteiger partial charge >= 0.3 is 0 Å². The van der Waals surface area contributed by atoms with E-state index in [4.69, 9.17) is 4.55 Å². The largest absolute Gasteiger partial charge is 0.347 e. The molecule has 0 aromatic rings. The molecular formula is C25H38N2O5S. The second-order valence-electron chi connectivity index (χ2n) is 9.47. The molecule has 33 heavy (non-hydrogen) atoms. The summed E-state index contributed by atoms with van der Waals surface area (Å²) in [6, 6.07) is -1.37. The van der Waals surface area contributed by atoms with Crippen LogP contribution in [0.3, 0.4) is 0 Å². The fraction of sp³-hybridized carbons (Fsp3) is 0.520. The molecule has 2 amide bonds. The van der Waals surface area contributed by atoms with Crippen LogP contribution in [0, 0.1) is 5.41 Å². The van der Waals surface area contributed by atoms with Crippen LogP contribution in [0.25, 0.3) is 0 Å². The van der Waals surface area contributed by atoms with E-state index in [0.717, 1.165) is 16.9 Å². The maximum atomic E-state index is 12.2. The molecule has 1 unspecified atom stereocenters. The van der Waals surface area contributed by atoms with Crippen molar-refractivity contribution in [2.45, 2.75) is 59.9 Å². The van der Waals surface area contributed by atoms with E-state index in [9.17, 15) is 18.0 Å². The van der Waals surface area contributed by atoms with Crippen LogP contribution in [0.4, 0.5) is 0 Å². The molecule has 1 atom stereocenters. The van der Waals surface area contributed by atoms with Crippen molar-refractivity contribution in [1.29, 1.82) is 0 Å². The van der Waals surface area contributed by atoms with Gasteiger partial charge in [-0.05, 0) is 56.6 Å². The number of nitrogens with zero attached hydrogens (tertiary/aromatic N) is 1. The first-order valence-electron chi connectivity index (χ1n) is 11.0. The predicted octanol–water partition coefficient (Wildman–Crippen LogP) is 3.98. The summed E-state index contributed by atoms with van der Waals surface area (Å²) in [7, 11) is -1.57. The van der Waals surface area contributed by atoms with Crippen LogP contribution in [0.5, 0.6) is 0 Å². The minimum atomic E-state index is -4.44. The molecule has 0 bridgehead atoms. The Balaban J connectivity index is 2.83. The zero-order valence-corrected chi connectivity index (χ0v) is 21.6. The van der Waals surface area contributed by atoms with Crippen molar-refractivity contribution in [1.82, 2.24) is 10.2 Å². The molecule has 1 aliphatic carbocycles. The van der Waals surface area contributed by atoms with Crippen molar-refractivity contribution < 1.29 is 22.6 Å². The predicted molar refractivity (Wildman–Crippen MR) is 133 cm³/mol. The molecule has 184 valence electrons. The molecule has 1 aliphatic rings. The Bertz CT molecular complexity index is 996. The maximum absolute atomic E-state index is 12.2. The molecule has 0 heterocycles. The van der Waals surface area contributed by atoms with E-state index in [1.165, 1.54) is 44.2 Å². The fourth-order valence-electron chi connectivity index (χ4n) is 3.80. The Morgan fingerprint density at radius 1 is 1.18 bits per heavy atom. The van der Waals surface area contributed by atoms with Gasteiger partial charge in [-0.2, -0.15) is 8.42 Å². The monoisotopic (exact) mass is 478 g/mol. The molecule has 8 heteroatoms.